The first-order valence-corrected chi connectivity index (χ1v) is 11.0. The summed E-state index contributed by atoms with van der Waals surface area (Å²) in [6.45, 7) is 1.31. The minimum atomic E-state index is -1.15. The molecule has 3 aromatic rings. The second-order valence-electron chi connectivity index (χ2n) is 7.56. The fourth-order valence-corrected chi connectivity index (χ4v) is 4.75. The molecule has 1 aromatic carbocycles. The quantitative estimate of drug-likeness (QED) is 0.485. The van der Waals surface area contributed by atoms with Crippen LogP contribution in [0.25, 0.3) is 11.2 Å². The van der Waals surface area contributed by atoms with Crippen molar-refractivity contribution in [3.05, 3.63) is 42.7 Å². The summed E-state index contributed by atoms with van der Waals surface area (Å²) >= 11 is 1.42. The molecule has 9 nitrogen and oxygen atoms in total. The third kappa shape index (κ3) is 4.11. The van der Waals surface area contributed by atoms with E-state index in [1.165, 1.54) is 36.5 Å². The number of anilines is 1. The summed E-state index contributed by atoms with van der Waals surface area (Å²) in [4.78, 5) is 13.9. The van der Waals surface area contributed by atoms with Crippen LogP contribution >= 0.6 is 11.8 Å². The molecular formula is C20H22FN5O4S. The first-order chi connectivity index (χ1) is 15.1. The molecule has 0 bridgehead atoms. The van der Waals surface area contributed by atoms with Gasteiger partial charge in [0.05, 0.1) is 25.1 Å². The number of aliphatic hydroxyl groups excluding tert-OH is 2. The number of rotatable bonds is 6. The number of thioether (sulfide) groups is 1. The zero-order valence-corrected chi connectivity index (χ0v) is 17.3. The van der Waals surface area contributed by atoms with Gasteiger partial charge in [0.25, 0.3) is 0 Å². The number of aliphatic hydroxyl groups is 2. The van der Waals surface area contributed by atoms with E-state index in [4.69, 9.17) is 9.47 Å². The molecule has 0 aliphatic carbocycles. The second-order valence-corrected chi connectivity index (χ2v) is 8.66. The van der Waals surface area contributed by atoms with Gasteiger partial charge in [0.15, 0.2) is 23.2 Å². The first-order valence-electron chi connectivity index (χ1n) is 10.0. The van der Waals surface area contributed by atoms with E-state index in [1.807, 2.05) is 0 Å². The number of ether oxygens (including phenoxy) is 2. The maximum absolute atomic E-state index is 13.1. The molecular weight excluding hydrogens is 425 g/mol. The van der Waals surface area contributed by atoms with E-state index < -0.39 is 24.5 Å². The Hall–Kier alpha value is -2.31. The van der Waals surface area contributed by atoms with E-state index in [0.29, 0.717) is 35.9 Å². The van der Waals surface area contributed by atoms with Crippen molar-refractivity contribution in [1.29, 1.82) is 0 Å². The van der Waals surface area contributed by atoms with Gasteiger partial charge >= 0.3 is 0 Å². The lowest BCUT2D eigenvalue weighted by molar-refractivity contribution is -0.0289. The Labute approximate surface area is 181 Å². The van der Waals surface area contributed by atoms with Gasteiger partial charge in [-0.2, -0.15) is 0 Å². The predicted octanol–water partition coefficient (Wildman–Crippen LogP) is 1.58. The number of nitrogens with zero attached hydrogens (tertiary/aromatic N) is 4. The molecule has 5 atom stereocenters. The molecule has 0 saturated carbocycles. The topological polar surface area (TPSA) is 115 Å². The fourth-order valence-electron chi connectivity index (χ4n) is 3.79. The molecule has 3 N–H and O–H groups in total. The summed E-state index contributed by atoms with van der Waals surface area (Å²) < 4.78 is 26.1. The third-order valence-corrected chi connectivity index (χ3v) is 6.57. The number of benzene rings is 1. The number of fused-ring (bicyclic) bond motifs is 1. The Morgan fingerprint density at radius 1 is 1.16 bits per heavy atom. The largest absolute Gasteiger partial charge is 0.387 e. The van der Waals surface area contributed by atoms with Crippen molar-refractivity contribution < 1.29 is 24.1 Å². The summed E-state index contributed by atoms with van der Waals surface area (Å²) in [5, 5.41) is 24.5. The van der Waals surface area contributed by atoms with Gasteiger partial charge in [-0.1, -0.05) is 0 Å². The highest BCUT2D eigenvalue weighted by Crippen LogP contribution is 2.35. The van der Waals surface area contributed by atoms with Crippen LogP contribution in [-0.2, 0) is 9.47 Å². The van der Waals surface area contributed by atoms with Crippen LogP contribution in [0.3, 0.4) is 0 Å². The van der Waals surface area contributed by atoms with Gasteiger partial charge in [-0.25, -0.2) is 19.3 Å². The minimum Gasteiger partial charge on any atom is -0.387 e. The number of halogens is 1. The molecule has 1 unspecified atom stereocenters. The standard InChI is InChI=1S/C20H22FN5O4S/c21-11-1-3-13(4-2-11)31-8-14-16(27)17(28)20(30-14)26-10-24-15-18(22-9-23-19(15)26)25-12-5-6-29-7-12/h1-4,9-10,12,14,16-17,20,27-28H,5-8H2,(H,22,23,25)/t12-,14-,16-,17-,20?/m1/s1. The van der Waals surface area contributed by atoms with Crippen molar-refractivity contribution in [2.75, 3.05) is 24.3 Å². The molecule has 0 spiro atoms. The van der Waals surface area contributed by atoms with Crippen LogP contribution in [-0.4, -0.2) is 73.1 Å². The molecule has 2 aliphatic heterocycles. The third-order valence-electron chi connectivity index (χ3n) is 5.47. The predicted molar refractivity (Wildman–Crippen MR) is 111 cm³/mol. The van der Waals surface area contributed by atoms with E-state index in [9.17, 15) is 14.6 Å². The molecule has 5 rings (SSSR count). The van der Waals surface area contributed by atoms with Crippen molar-refractivity contribution in [1.82, 2.24) is 19.5 Å². The van der Waals surface area contributed by atoms with Crippen LogP contribution < -0.4 is 5.32 Å². The number of imidazole rings is 1. The molecule has 11 heteroatoms. The average molecular weight is 447 g/mol. The van der Waals surface area contributed by atoms with Gasteiger partial charge in [0.2, 0.25) is 0 Å². The monoisotopic (exact) mass is 447 g/mol. The zero-order chi connectivity index (χ0) is 21.4. The molecule has 2 fully saturated rings. The second kappa shape index (κ2) is 8.67. The molecule has 2 aliphatic rings. The average Bonchev–Trinajstić information content (AvgIpc) is 3.50. The van der Waals surface area contributed by atoms with Crippen LogP contribution in [0.5, 0.6) is 0 Å². The Kier molecular flexibility index (Phi) is 5.76. The molecule has 164 valence electrons. The van der Waals surface area contributed by atoms with Crippen molar-refractivity contribution in [3.63, 3.8) is 0 Å². The van der Waals surface area contributed by atoms with Crippen molar-refractivity contribution in [2.45, 2.75) is 41.9 Å². The van der Waals surface area contributed by atoms with Gasteiger partial charge in [-0.15, -0.1) is 11.8 Å². The SMILES string of the molecule is O[C@@H]1[C@@H](CSc2ccc(F)cc2)OC(n2cnc3c(N[C@@H]4CCOC4)ncnc32)[C@@H]1O. The Morgan fingerprint density at radius 2 is 2.00 bits per heavy atom. The lowest BCUT2D eigenvalue weighted by Gasteiger charge is -2.17. The Bertz CT molecular complexity index is 1050. The smallest absolute Gasteiger partial charge is 0.167 e. The molecule has 0 amide bonds. The van der Waals surface area contributed by atoms with Gasteiger partial charge < -0.3 is 25.0 Å². The highest BCUT2D eigenvalue weighted by Gasteiger charge is 2.44. The molecule has 0 radical (unpaired) electrons. The minimum absolute atomic E-state index is 0.159. The molecule has 2 aromatic heterocycles. The van der Waals surface area contributed by atoms with E-state index >= 15 is 0 Å². The lowest BCUT2D eigenvalue weighted by atomic mass is 10.1. The molecule has 2 saturated heterocycles. The summed E-state index contributed by atoms with van der Waals surface area (Å²) in [6, 6.07) is 6.25. The fraction of sp³-hybridized carbons (Fsp3) is 0.450. The van der Waals surface area contributed by atoms with Crippen LogP contribution in [0.1, 0.15) is 12.6 Å². The Morgan fingerprint density at radius 3 is 2.77 bits per heavy atom. The Balaban J connectivity index is 1.33. The normalized spacial score (nSPS) is 28.4. The number of nitrogens with one attached hydrogen (secondary N) is 1. The summed E-state index contributed by atoms with van der Waals surface area (Å²) in [5.74, 6) is 0.687. The van der Waals surface area contributed by atoms with Crippen LogP contribution in [0.2, 0.25) is 0 Å². The van der Waals surface area contributed by atoms with Crippen LogP contribution in [0.15, 0.2) is 41.8 Å². The number of hydrogen-bond donors (Lipinski definition) is 3. The summed E-state index contributed by atoms with van der Waals surface area (Å²) in [5.41, 5.74) is 1.06. The van der Waals surface area contributed by atoms with Crippen LogP contribution in [0, 0.1) is 5.82 Å². The highest BCUT2D eigenvalue weighted by atomic mass is 32.2. The maximum Gasteiger partial charge on any atom is 0.167 e. The van der Waals surface area contributed by atoms with Crippen LogP contribution in [0.4, 0.5) is 10.2 Å². The van der Waals surface area contributed by atoms with Crippen molar-refractivity contribution >= 4 is 28.7 Å². The van der Waals surface area contributed by atoms with Gasteiger partial charge in [-0.05, 0) is 30.7 Å². The first kappa shape index (κ1) is 20.6. The summed E-state index contributed by atoms with van der Waals surface area (Å²) in [7, 11) is 0. The molecule has 31 heavy (non-hydrogen) atoms. The van der Waals surface area contributed by atoms with E-state index in [0.717, 1.165) is 11.3 Å². The van der Waals surface area contributed by atoms with Gasteiger partial charge in [0, 0.05) is 17.3 Å². The van der Waals surface area contributed by atoms with Crippen molar-refractivity contribution in [2.24, 2.45) is 0 Å². The number of hydrogen-bond acceptors (Lipinski definition) is 9. The zero-order valence-electron chi connectivity index (χ0n) is 16.5. The van der Waals surface area contributed by atoms with Gasteiger partial charge in [-0.3, -0.25) is 4.57 Å². The molecule has 4 heterocycles. The number of aromatic nitrogens is 4. The lowest BCUT2D eigenvalue weighted by Crippen LogP contribution is -2.32. The van der Waals surface area contributed by atoms with E-state index in [-0.39, 0.29) is 11.9 Å². The highest BCUT2D eigenvalue weighted by molar-refractivity contribution is 7.99. The van der Waals surface area contributed by atoms with E-state index in [2.05, 4.69) is 20.3 Å². The maximum atomic E-state index is 13.1. The van der Waals surface area contributed by atoms with Gasteiger partial charge in [0.1, 0.15) is 24.4 Å². The van der Waals surface area contributed by atoms with E-state index in [1.54, 1.807) is 16.7 Å². The van der Waals surface area contributed by atoms with Crippen molar-refractivity contribution in [3.8, 4) is 0 Å². The summed E-state index contributed by atoms with van der Waals surface area (Å²) in [6.07, 6.45) is 0.176.